The number of anilines is 3. The summed E-state index contributed by atoms with van der Waals surface area (Å²) in [7, 11) is 1.95. The number of benzene rings is 3. The Morgan fingerprint density at radius 1 is 0.844 bits per heavy atom. The van der Waals surface area contributed by atoms with Gasteiger partial charge in [-0.2, -0.15) is 0 Å². The summed E-state index contributed by atoms with van der Waals surface area (Å²) >= 11 is 0. The van der Waals surface area contributed by atoms with Crippen molar-refractivity contribution in [2.75, 3.05) is 80.8 Å². The molecule has 16 heteroatoms. The first-order valence-corrected chi connectivity index (χ1v) is 22.9. The Kier molecular flexibility index (Phi) is 12.4. The smallest absolute Gasteiger partial charge is 0.319 e. The molecule has 0 radical (unpaired) electrons. The number of phenols is 1. The average molecular weight is 875 g/mol. The van der Waals surface area contributed by atoms with Crippen molar-refractivity contribution < 1.29 is 29.0 Å². The molecule has 6 heterocycles. The number of fused-ring (bicyclic) bond motifs is 3. The molecule has 6 aliphatic heterocycles. The number of imide groups is 1. The van der Waals surface area contributed by atoms with Gasteiger partial charge in [0.2, 0.25) is 11.8 Å². The van der Waals surface area contributed by atoms with Gasteiger partial charge in [-0.15, -0.1) is 0 Å². The van der Waals surface area contributed by atoms with Gasteiger partial charge in [-0.25, -0.2) is 4.79 Å². The Balaban J connectivity index is 0.771. The van der Waals surface area contributed by atoms with Gasteiger partial charge < -0.3 is 61.2 Å². The van der Waals surface area contributed by atoms with Crippen LogP contribution in [0.4, 0.5) is 21.9 Å². The van der Waals surface area contributed by atoms with E-state index in [9.17, 15) is 19.5 Å². The van der Waals surface area contributed by atoms with Crippen LogP contribution in [0.3, 0.4) is 0 Å². The van der Waals surface area contributed by atoms with E-state index in [1.165, 1.54) is 11.3 Å². The van der Waals surface area contributed by atoms with E-state index in [0.717, 1.165) is 75.3 Å². The minimum atomic E-state index is -0.321. The first-order chi connectivity index (χ1) is 31.0. The van der Waals surface area contributed by atoms with Crippen LogP contribution in [-0.4, -0.2) is 134 Å². The van der Waals surface area contributed by atoms with Gasteiger partial charge >= 0.3 is 6.03 Å². The SMILES string of the molecule is CN(C(=O)N1CCC(Oc2cccc(N3C4COCC3CN(C(/C=C(\N)c3ccccc3O)=C(N)N)C4)c2)CC1)C1CCN(c2cccc3c2CCCN3C2CCC(=O)NC2=O)CC1. The number of carbonyl (C=O) groups excluding carboxylic acids is 3. The number of hydrogen-bond donors (Lipinski definition) is 5. The van der Waals surface area contributed by atoms with Crippen LogP contribution in [0.25, 0.3) is 5.70 Å². The third-order valence-electron chi connectivity index (χ3n) is 14.0. The van der Waals surface area contributed by atoms with Crippen LogP contribution in [0.15, 0.2) is 84.3 Å². The summed E-state index contributed by atoms with van der Waals surface area (Å²) in [6, 6.07) is 21.5. The van der Waals surface area contributed by atoms with Gasteiger partial charge in [-0.3, -0.25) is 14.9 Å². The maximum atomic E-state index is 13.9. The lowest BCUT2D eigenvalue weighted by Crippen LogP contribution is -2.64. The number of phenolic OH excluding ortho intramolecular Hbond substituents is 1. The lowest BCUT2D eigenvalue weighted by Gasteiger charge is -2.52. The van der Waals surface area contributed by atoms with E-state index in [1.54, 1.807) is 24.3 Å². The van der Waals surface area contributed by atoms with Crippen molar-refractivity contribution in [2.45, 2.75) is 81.6 Å². The largest absolute Gasteiger partial charge is 0.507 e. The molecule has 0 saturated carbocycles. The van der Waals surface area contributed by atoms with E-state index >= 15 is 0 Å². The van der Waals surface area contributed by atoms with Crippen LogP contribution < -0.4 is 42.0 Å². The third kappa shape index (κ3) is 8.79. The Hall–Kier alpha value is -6.29. The number of para-hydroxylation sites is 1. The molecular formula is C48H62N10O6. The topological polar surface area (TPSA) is 199 Å². The Morgan fingerprint density at radius 2 is 1.56 bits per heavy atom. The number of piperazine rings is 1. The number of allylic oxidation sites excluding steroid dienone is 1. The summed E-state index contributed by atoms with van der Waals surface area (Å²) in [6.45, 7) is 6.08. The highest BCUT2D eigenvalue weighted by atomic mass is 16.5. The molecule has 0 aromatic heterocycles. The molecule has 16 nitrogen and oxygen atoms in total. The maximum absolute atomic E-state index is 13.9. The number of hydrogen-bond acceptors (Lipinski definition) is 13. The third-order valence-corrected chi connectivity index (χ3v) is 14.0. The summed E-state index contributed by atoms with van der Waals surface area (Å²) in [6.07, 6.45) is 7.83. The zero-order valence-corrected chi connectivity index (χ0v) is 36.7. The average Bonchev–Trinajstić information content (AvgIpc) is 3.30. The molecule has 5 fully saturated rings. The fourth-order valence-corrected chi connectivity index (χ4v) is 10.8. The highest BCUT2D eigenvalue weighted by Crippen LogP contribution is 2.39. The maximum Gasteiger partial charge on any atom is 0.319 e. The van der Waals surface area contributed by atoms with E-state index in [4.69, 9.17) is 26.7 Å². The van der Waals surface area contributed by atoms with Gasteiger partial charge in [-0.1, -0.05) is 24.3 Å². The summed E-state index contributed by atoms with van der Waals surface area (Å²) in [5.41, 5.74) is 25.1. The molecule has 3 atom stereocenters. The molecular weight excluding hydrogens is 813 g/mol. The minimum absolute atomic E-state index is 0.00300. The molecule has 9 rings (SSSR count). The van der Waals surface area contributed by atoms with E-state index in [-0.39, 0.29) is 59.7 Å². The standard InChI is InChI=1S/C48H62N10O6/c1-53(31-16-21-54(22-17-31)40-11-5-12-41-38(40)10-6-20-57(41)42-14-15-45(60)52-47(42)61)48(62)55-23-18-35(19-24-55)64-36-8-4-7-32(25-36)58-33-27-56(28-34(58)30-63-29-33)43(46(50)51)26-39(49)37-9-2-3-13-44(37)59/h2-5,7-9,11-13,25-26,31,33-35,42,59H,6,10,14-24,27-30,49-51H2,1H3,(H,52,60,61)/b39-26-. The lowest BCUT2D eigenvalue weighted by atomic mass is 9.94. The molecule has 64 heavy (non-hydrogen) atoms. The van der Waals surface area contributed by atoms with Gasteiger partial charge in [0.15, 0.2) is 0 Å². The second kappa shape index (κ2) is 18.4. The van der Waals surface area contributed by atoms with Gasteiger partial charge in [-0.05, 0) is 80.1 Å². The van der Waals surface area contributed by atoms with Crippen molar-refractivity contribution in [1.29, 1.82) is 0 Å². The van der Waals surface area contributed by atoms with Crippen LogP contribution in [0.1, 0.15) is 56.1 Å². The summed E-state index contributed by atoms with van der Waals surface area (Å²) < 4.78 is 12.6. The highest BCUT2D eigenvalue weighted by molar-refractivity contribution is 6.02. The van der Waals surface area contributed by atoms with Crippen molar-refractivity contribution in [3.8, 4) is 11.5 Å². The number of nitrogens with one attached hydrogen (secondary N) is 1. The molecule has 3 unspecified atom stereocenters. The molecule has 4 amide bonds. The Morgan fingerprint density at radius 3 is 2.28 bits per heavy atom. The minimum Gasteiger partial charge on any atom is -0.507 e. The van der Waals surface area contributed by atoms with Crippen LogP contribution in [-0.2, 0) is 20.7 Å². The molecule has 8 N–H and O–H groups in total. The van der Waals surface area contributed by atoms with Crippen molar-refractivity contribution in [3.63, 3.8) is 0 Å². The molecule has 0 spiro atoms. The summed E-state index contributed by atoms with van der Waals surface area (Å²) in [5.74, 6) is 0.666. The number of nitrogens with two attached hydrogens (primary N) is 3. The molecule has 3 aromatic rings. The predicted molar refractivity (Wildman–Crippen MR) is 246 cm³/mol. The van der Waals surface area contributed by atoms with Crippen molar-refractivity contribution in [3.05, 3.63) is 95.5 Å². The number of nitrogens with zero attached hydrogens (tertiary/aromatic N) is 6. The fraction of sp³-hybridized carbons (Fsp3) is 0.479. The van der Waals surface area contributed by atoms with E-state index in [0.29, 0.717) is 69.2 Å². The number of carbonyl (C=O) groups is 3. The van der Waals surface area contributed by atoms with Gasteiger partial charge in [0.1, 0.15) is 29.5 Å². The monoisotopic (exact) mass is 874 g/mol. The number of rotatable bonds is 9. The van der Waals surface area contributed by atoms with E-state index < -0.39 is 0 Å². The summed E-state index contributed by atoms with van der Waals surface area (Å²) in [5, 5.41) is 12.9. The fourth-order valence-electron chi connectivity index (χ4n) is 10.8. The van der Waals surface area contributed by atoms with Crippen LogP contribution in [0.2, 0.25) is 0 Å². The number of morpholine rings is 1. The highest BCUT2D eigenvalue weighted by Gasteiger charge is 2.40. The van der Waals surface area contributed by atoms with Gasteiger partial charge in [0, 0.05) is 113 Å². The van der Waals surface area contributed by atoms with Crippen LogP contribution in [0, 0.1) is 0 Å². The molecule has 6 aliphatic rings. The second-order valence-corrected chi connectivity index (χ2v) is 18.1. The predicted octanol–water partition coefficient (Wildman–Crippen LogP) is 3.49. The first kappa shape index (κ1) is 43.0. The second-order valence-electron chi connectivity index (χ2n) is 18.1. The Bertz CT molecular complexity index is 2270. The van der Waals surface area contributed by atoms with Crippen molar-refractivity contribution >= 4 is 40.6 Å². The molecule has 340 valence electrons. The van der Waals surface area contributed by atoms with Crippen LogP contribution >= 0.6 is 0 Å². The van der Waals surface area contributed by atoms with Crippen molar-refractivity contribution in [1.82, 2.24) is 20.0 Å². The number of aromatic hydroxyl groups is 1. The molecule has 3 aromatic carbocycles. The zero-order chi connectivity index (χ0) is 44.5. The summed E-state index contributed by atoms with van der Waals surface area (Å²) in [4.78, 5) is 51.6. The normalized spacial score (nSPS) is 23.4. The number of ether oxygens (including phenoxy) is 2. The number of amides is 4. The molecule has 2 bridgehead atoms. The Labute approximate surface area is 375 Å². The number of piperidine rings is 3. The number of urea groups is 1. The quantitative estimate of drug-likeness (QED) is 0.155. The number of likely N-dealkylation sites (tertiary alicyclic amines) is 1. The molecule has 0 aliphatic carbocycles. The van der Waals surface area contributed by atoms with Crippen LogP contribution in [0.5, 0.6) is 11.5 Å². The zero-order valence-electron chi connectivity index (χ0n) is 36.7. The molecule has 5 saturated heterocycles. The first-order valence-electron chi connectivity index (χ1n) is 22.9. The van der Waals surface area contributed by atoms with Crippen molar-refractivity contribution in [2.24, 2.45) is 17.2 Å². The lowest BCUT2D eigenvalue weighted by molar-refractivity contribution is -0.134. The van der Waals surface area contributed by atoms with E-state index in [1.807, 2.05) is 35.0 Å². The van der Waals surface area contributed by atoms with E-state index in [2.05, 4.69) is 55.2 Å². The van der Waals surface area contributed by atoms with Gasteiger partial charge in [0.25, 0.3) is 0 Å². The van der Waals surface area contributed by atoms with Gasteiger partial charge in [0.05, 0.1) is 31.0 Å².